The van der Waals surface area contributed by atoms with Gasteiger partial charge in [-0.05, 0) is 49.1 Å². The standard InChI is InChI=1S/C18H17ClFNO/c1-11-3-2-4-15(20)17(11)18(22)21-16-10-9-14(16)12-5-7-13(19)8-6-12/h2-8,14,16H,9-10H2,1H3,(H,21,22). The number of hydrogen-bond acceptors (Lipinski definition) is 1. The summed E-state index contributed by atoms with van der Waals surface area (Å²) in [7, 11) is 0. The molecule has 1 N–H and O–H groups in total. The van der Waals surface area contributed by atoms with Crippen molar-refractivity contribution in [3.8, 4) is 0 Å². The molecular weight excluding hydrogens is 301 g/mol. The second kappa shape index (κ2) is 6.09. The molecule has 4 heteroatoms. The third-order valence-electron chi connectivity index (χ3n) is 4.34. The van der Waals surface area contributed by atoms with Gasteiger partial charge in [0.1, 0.15) is 5.82 Å². The predicted octanol–water partition coefficient (Wildman–Crippen LogP) is 4.46. The van der Waals surface area contributed by atoms with Crippen molar-refractivity contribution in [1.29, 1.82) is 0 Å². The smallest absolute Gasteiger partial charge is 0.254 e. The number of halogens is 2. The monoisotopic (exact) mass is 317 g/mol. The molecule has 114 valence electrons. The average molecular weight is 318 g/mol. The molecule has 0 aromatic heterocycles. The molecule has 3 rings (SSSR count). The molecular formula is C18H17ClFNO. The lowest BCUT2D eigenvalue weighted by Gasteiger charge is -2.37. The summed E-state index contributed by atoms with van der Waals surface area (Å²) in [5.41, 5.74) is 1.95. The fourth-order valence-electron chi connectivity index (χ4n) is 2.94. The van der Waals surface area contributed by atoms with E-state index in [1.54, 1.807) is 19.1 Å². The van der Waals surface area contributed by atoms with Gasteiger partial charge in [-0.15, -0.1) is 0 Å². The van der Waals surface area contributed by atoms with Gasteiger partial charge in [-0.1, -0.05) is 35.9 Å². The Balaban J connectivity index is 1.73. The molecule has 1 amide bonds. The van der Waals surface area contributed by atoms with Crippen molar-refractivity contribution in [2.75, 3.05) is 0 Å². The highest BCUT2D eigenvalue weighted by molar-refractivity contribution is 6.30. The number of amides is 1. The minimum absolute atomic E-state index is 0.0488. The molecule has 0 aliphatic heterocycles. The summed E-state index contributed by atoms with van der Waals surface area (Å²) in [6.45, 7) is 1.75. The lowest BCUT2D eigenvalue weighted by molar-refractivity contribution is 0.0900. The van der Waals surface area contributed by atoms with Crippen LogP contribution in [0.1, 0.15) is 40.2 Å². The quantitative estimate of drug-likeness (QED) is 0.889. The van der Waals surface area contributed by atoms with Crippen LogP contribution in [0, 0.1) is 12.7 Å². The van der Waals surface area contributed by atoms with Crippen LogP contribution in [0.3, 0.4) is 0 Å². The lowest BCUT2D eigenvalue weighted by Crippen LogP contribution is -2.45. The molecule has 2 aromatic carbocycles. The van der Waals surface area contributed by atoms with Crippen LogP contribution in [-0.4, -0.2) is 11.9 Å². The summed E-state index contributed by atoms with van der Waals surface area (Å²) in [6.07, 6.45) is 1.93. The van der Waals surface area contributed by atoms with Crippen molar-refractivity contribution in [1.82, 2.24) is 5.32 Å². The summed E-state index contributed by atoms with van der Waals surface area (Å²) in [5, 5.41) is 3.67. The Morgan fingerprint density at radius 1 is 1.18 bits per heavy atom. The van der Waals surface area contributed by atoms with Crippen LogP contribution in [0.5, 0.6) is 0 Å². The van der Waals surface area contributed by atoms with Crippen LogP contribution < -0.4 is 5.32 Å². The van der Waals surface area contributed by atoms with Crippen molar-refractivity contribution in [3.05, 3.63) is 70.0 Å². The van der Waals surface area contributed by atoms with Crippen molar-refractivity contribution in [3.63, 3.8) is 0 Å². The van der Waals surface area contributed by atoms with E-state index in [4.69, 9.17) is 11.6 Å². The number of carbonyl (C=O) groups excluding carboxylic acids is 1. The third kappa shape index (κ3) is 2.86. The molecule has 0 radical (unpaired) electrons. The largest absolute Gasteiger partial charge is 0.349 e. The molecule has 1 saturated carbocycles. The molecule has 1 aliphatic carbocycles. The van der Waals surface area contributed by atoms with Gasteiger partial charge < -0.3 is 5.32 Å². The maximum Gasteiger partial charge on any atom is 0.254 e. The SMILES string of the molecule is Cc1cccc(F)c1C(=O)NC1CCC1c1ccc(Cl)cc1. The van der Waals surface area contributed by atoms with Gasteiger partial charge in [-0.25, -0.2) is 4.39 Å². The second-order valence-electron chi connectivity index (χ2n) is 5.75. The van der Waals surface area contributed by atoms with Gasteiger partial charge in [0.15, 0.2) is 0 Å². The van der Waals surface area contributed by atoms with E-state index in [0.29, 0.717) is 10.6 Å². The molecule has 2 aromatic rings. The van der Waals surface area contributed by atoms with E-state index >= 15 is 0 Å². The van der Waals surface area contributed by atoms with Crippen LogP contribution in [0.4, 0.5) is 4.39 Å². The Labute approximate surface area is 134 Å². The lowest BCUT2D eigenvalue weighted by atomic mass is 9.75. The van der Waals surface area contributed by atoms with Gasteiger partial charge in [0.2, 0.25) is 0 Å². The van der Waals surface area contributed by atoms with Crippen molar-refractivity contribution in [2.45, 2.75) is 31.7 Å². The van der Waals surface area contributed by atoms with E-state index in [9.17, 15) is 9.18 Å². The Morgan fingerprint density at radius 3 is 2.50 bits per heavy atom. The Bertz CT molecular complexity index is 678. The topological polar surface area (TPSA) is 29.1 Å². The van der Waals surface area contributed by atoms with Crippen LogP contribution in [0.2, 0.25) is 5.02 Å². The first-order valence-electron chi connectivity index (χ1n) is 7.37. The number of nitrogens with one attached hydrogen (secondary N) is 1. The van der Waals surface area contributed by atoms with E-state index in [1.807, 2.05) is 24.3 Å². The summed E-state index contributed by atoms with van der Waals surface area (Å²) in [6, 6.07) is 12.4. The van der Waals surface area contributed by atoms with Crippen molar-refractivity contribution < 1.29 is 9.18 Å². The normalized spacial score (nSPS) is 20.3. The predicted molar refractivity (Wildman–Crippen MR) is 85.8 cm³/mol. The van der Waals surface area contributed by atoms with Crippen molar-refractivity contribution in [2.24, 2.45) is 0 Å². The minimum Gasteiger partial charge on any atom is -0.349 e. The number of carbonyl (C=O) groups is 1. The van der Waals surface area contributed by atoms with E-state index in [2.05, 4.69) is 5.32 Å². The summed E-state index contributed by atoms with van der Waals surface area (Å²) in [5.74, 6) is -0.535. The third-order valence-corrected chi connectivity index (χ3v) is 4.59. The zero-order chi connectivity index (χ0) is 15.7. The molecule has 0 bridgehead atoms. The molecule has 2 unspecified atom stereocenters. The average Bonchev–Trinajstić information content (AvgIpc) is 2.46. The zero-order valence-electron chi connectivity index (χ0n) is 12.3. The first kappa shape index (κ1) is 15.0. The highest BCUT2D eigenvalue weighted by Gasteiger charge is 2.34. The van der Waals surface area contributed by atoms with Gasteiger partial charge in [0.05, 0.1) is 5.56 Å². The number of aryl methyl sites for hydroxylation is 1. The fourth-order valence-corrected chi connectivity index (χ4v) is 3.07. The molecule has 0 saturated heterocycles. The Morgan fingerprint density at radius 2 is 1.91 bits per heavy atom. The summed E-state index contributed by atoms with van der Waals surface area (Å²) < 4.78 is 13.9. The molecule has 2 atom stereocenters. The highest BCUT2D eigenvalue weighted by Crippen LogP contribution is 2.37. The minimum atomic E-state index is -0.472. The van der Waals surface area contributed by atoms with Gasteiger partial charge in [-0.3, -0.25) is 4.79 Å². The van der Waals surface area contributed by atoms with E-state index < -0.39 is 5.82 Å². The number of hydrogen-bond donors (Lipinski definition) is 1. The Kier molecular flexibility index (Phi) is 4.16. The molecule has 1 fully saturated rings. The van der Waals surface area contributed by atoms with E-state index in [-0.39, 0.29) is 23.4 Å². The molecule has 0 heterocycles. The fraction of sp³-hybridized carbons (Fsp3) is 0.278. The van der Waals surface area contributed by atoms with Gasteiger partial charge in [0, 0.05) is 17.0 Å². The summed E-state index contributed by atoms with van der Waals surface area (Å²) in [4.78, 5) is 12.3. The van der Waals surface area contributed by atoms with E-state index in [1.165, 1.54) is 6.07 Å². The molecule has 1 aliphatic rings. The first-order valence-corrected chi connectivity index (χ1v) is 7.75. The maximum atomic E-state index is 13.9. The van der Waals surface area contributed by atoms with Gasteiger partial charge in [0.25, 0.3) is 5.91 Å². The van der Waals surface area contributed by atoms with Crippen LogP contribution in [0.25, 0.3) is 0 Å². The van der Waals surface area contributed by atoms with Gasteiger partial charge >= 0.3 is 0 Å². The highest BCUT2D eigenvalue weighted by atomic mass is 35.5. The molecule has 2 nitrogen and oxygen atoms in total. The second-order valence-corrected chi connectivity index (χ2v) is 6.18. The van der Waals surface area contributed by atoms with Crippen LogP contribution in [-0.2, 0) is 0 Å². The number of rotatable bonds is 3. The van der Waals surface area contributed by atoms with Gasteiger partial charge in [-0.2, -0.15) is 0 Å². The summed E-state index contributed by atoms with van der Waals surface area (Å²) >= 11 is 5.90. The molecule has 22 heavy (non-hydrogen) atoms. The maximum absolute atomic E-state index is 13.9. The zero-order valence-corrected chi connectivity index (χ0v) is 13.0. The van der Waals surface area contributed by atoms with Crippen LogP contribution >= 0.6 is 11.6 Å². The van der Waals surface area contributed by atoms with E-state index in [0.717, 1.165) is 18.4 Å². The van der Waals surface area contributed by atoms with Crippen LogP contribution in [0.15, 0.2) is 42.5 Å². The number of benzene rings is 2. The van der Waals surface area contributed by atoms with Crippen molar-refractivity contribution >= 4 is 17.5 Å². The molecule has 0 spiro atoms. The first-order chi connectivity index (χ1) is 10.6. The Hall–Kier alpha value is -1.87.